The van der Waals surface area contributed by atoms with E-state index in [-0.39, 0.29) is 6.10 Å². The van der Waals surface area contributed by atoms with Crippen LogP contribution in [0, 0.1) is 6.92 Å². The summed E-state index contributed by atoms with van der Waals surface area (Å²) in [4.78, 5) is 0. The van der Waals surface area contributed by atoms with Crippen LogP contribution in [-0.4, -0.2) is 6.10 Å². The molecule has 0 fully saturated rings. The number of benzene rings is 1. The van der Waals surface area contributed by atoms with Gasteiger partial charge in [-0.3, -0.25) is 0 Å². The van der Waals surface area contributed by atoms with Crippen LogP contribution in [-0.2, 0) is 0 Å². The maximum absolute atomic E-state index is 5.78. The van der Waals surface area contributed by atoms with E-state index in [0.717, 1.165) is 25.0 Å². The monoisotopic (exact) mass is 189 g/mol. The van der Waals surface area contributed by atoms with Crippen molar-refractivity contribution in [3.8, 4) is 5.75 Å². The van der Waals surface area contributed by atoms with Crippen LogP contribution in [0.3, 0.4) is 0 Å². The average molecular weight is 189 g/mol. The SMILES string of the molecule is [CH2]CCC(CC=C)Oc1ccccc1. The van der Waals surface area contributed by atoms with Crippen molar-refractivity contribution in [3.05, 3.63) is 49.9 Å². The van der Waals surface area contributed by atoms with Gasteiger partial charge >= 0.3 is 0 Å². The van der Waals surface area contributed by atoms with E-state index < -0.39 is 0 Å². The van der Waals surface area contributed by atoms with E-state index in [1.807, 2.05) is 36.4 Å². The third kappa shape index (κ3) is 3.65. The van der Waals surface area contributed by atoms with Crippen molar-refractivity contribution in [2.45, 2.75) is 25.4 Å². The highest BCUT2D eigenvalue weighted by Crippen LogP contribution is 2.15. The van der Waals surface area contributed by atoms with E-state index in [1.165, 1.54) is 0 Å². The number of ether oxygens (including phenoxy) is 1. The summed E-state index contributed by atoms with van der Waals surface area (Å²) in [6, 6.07) is 9.88. The molecule has 0 aliphatic rings. The molecule has 75 valence electrons. The highest BCUT2D eigenvalue weighted by atomic mass is 16.5. The predicted molar refractivity (Wildman–Crippen MR) is 60.3 cm³/mol. The highest BCUT2D eigenvalue weighted by Gasteiger charge is 2.06. The lowest BCUT2D eigenvalue weighted by Gasteiger charge is -2.16. The van der Waals surface area contributed by atoms with Crippen LogP contribution in [0.5, 0.6) is 5.75 Å². The summed E-state index contributed by atoms with van der Waals surface area (Å²) in [6.45, 7) is 7.56. The molecule has 0 saturated carbocycles. The van der Waals surface area contributed by atoms with Crippen LogP contribution in [0.25, 0.3) is 0 Å². The molecule has 1 radical (unpaired) electrons. The summed E-state index contributed by atoms with van der Waals surface area (Å²) < 4.78 is 5.78. The zero-order chi connectivity index (χ0) is 10.2. The normalized spacial score (nSPS) is 12.1. The third-order valence-corrected chi connectivity index (χ3v) is 2.00. The van der Waals surface area contributed by atoms with Crippen LogP contribution in [0.15, 0.2) is 43.0 Å². The first-order valence-electron chi connectivity index (χ1n) is 4.98. The molecule has 0 aromatic heterocycles. The van der Waals surface area contributed by atoms with Crippen molar-refractivity contribution in [1.82, 2.24) is 0 Å². The van der Waals surface area contributed by atoms with Gasteiger partial charge in [0.25, 0.3) is 0 Å². The molecule has 0 saturated heterocycles. The number of rotatable bonds is 6. The second-order valence-corrected chi connectivity index (χ2v) is 3.22. The van der Waals surface area contributed by atoms with Gasteiger partial charge < -0.3 is 4.74 Å². The van der Waals surface area contributed by atoms with Crippen LogP contribution < -0.4 is 4.74 Å². The molecule has 0 spiro atoms. The van der Waals surface area contributed by atoms with Crippen molar-refractivity contribution in [2.75, 3.05) is 0 Å². The molecule has 1 aromatic rings. The number of hydrogen-bond acceptors (Lipinski definition) is 1. The minimum Gasteiger partial charge on any atom is -0.490 e. The smallest absolute Gasteiger partial charge is 0.119 e. The Balaban J connectivity index is 2.50. The first kappa shape index (κ1) is 10.8. The van der Waals surface area contributed by atoms with Gasteiger partial charge in [0.2, 0.25) is 0 Å². The van der Waals surface area contributed by atoms with Crippen LogP contribution in [0.1, 0.15) is 19.3 Å². The Hall–Kier alpha value is -1.24. The molecule has 0 heterocycles. The zero-order valence-corrected chi connectivity index (χ0v) is 8.49. The molecule has 0 N–H and O–H groups in total. The quantitative estimate of drug-likeness (QED) is 0.621. The molecule has 0 amide bonds. The van der Waals surface area contributed by atoms with Gasteiger partial charge in [-0.2, -0.15) is 0 Å². The maximum atomic E-state index is 5.78. The molecule has 1 unspecified atom stereocenters. The lowest BCUT2D eigenvalue weighted by Crippen LogP contribution is -2.14. The predicted octanol–water partition coefficient (Wildman–Crippen LogP) is 3.62. The first-order valence-corrected chi connectivity index (χ1v) is 4.98. The Morgan fingerprint density at radius 2 is 2.00 bits per heavy atom. The van der Waals surface area contributed by atoms with Gasteiger partial charge in [-0.05, 0) is 25.0 Å². The Morgan fingerprint density at radius 3 is 2.57 bits per heavy atom. The van der Waals surface area contributed by atoms with Crippen molar-refractivity contribution in [1.29, 1.82) is 0 Å². The van der Waals surface area contributed by atoms with Gasteiger partial charge in [-0.1, -0.05) is 31.2 Å². The maximum Gasteiger partial charge on any atom is 0.119 e. The van der Waals surface area contributed by atoms with Crippen molar-refractivity contribution >= 4 is 0 Å². The van der Waals surface area contributed by atoms with Gasteiger partial charge in [0.15, 0.2) is 0 Å². The summed E-state index contributed by atoms with van der Waals surface area (Å²) in [5, 5.41) is 0. The Kier molecular flexibility index (Phi) is 4.84. The second-order valence-electron chi connectivity index (χ2n) is 3.22. The summed E-state index contributed by atoms with van der Waals surface area (Å²) >= 11 is 0. The van der Waals surface area contributed by atoms with Gasteiger partial charge in [0.1, 0.15) is 11.9 Å². The van der Waals surface area contributed by atoms with Gasteiger partial charge in [-0.25, -0.2) is 0 Å². The Bertz CT molecular complexity index is 253. The van der Waals surface area contributed by atoms with Crippen molar-refractivity contribution in [2.24, 2.45) is 0 Å². The van der Waals surface area contributed by atoms with E-state index in [1.54, 1.807) is 0 Å². The average Bonchev–Trinajstić information content (AvgIpc) is 2.20. The molecule has 0 bridgehead atoms. The lowest BCUT2D eigenvalue weighted by atomic mass is 10.1. The van der Waals surface area contributed by atoms with Crippen LogP contribution in [0.4, 0.5) is 0 Å². The van der Waals surface area contributed by atoms with Crippen LogP contribution >= 0.6 is 0 Å². The van der Waals surface area contributed by atoms with Crippen molar-refractivity contribution < 1.29 is 4.74 Å². The fraction of sp³-hybridized carbons (Fsp3) is 0.308. The molecular weight excluding hydrogens is 172 g/mol. The summed E-state index contributed by atoms with van der Waals surface area (Å²) in [5.74, 6) is 0.924. The standard InChI is InChI=1S/C13H17O/c1-3-8-12(9-4-2)14-13-10-6-5-7-11-13/h3,5-7,10-12H,1-2,4,8-9H2. The van der Waals surface area contributed by atoms with E-state index in [4.69, 9.17) is 4.74 Å². The van der Waals surface area contributed by atoms with Gasteiger partial charge in [0.05, 0.1) is 0 Å². The second kappa shape index (κ2) is 6.25. The minimum atomic E-state index is 0.215. The van der Waals surface area contributed by atoms with Gasteiger partial charge in [-0.15, -0.1) is 6.58 Å². The summed E-state index contributed by atoms with van der Waals surface area (Å²) in [5.41, 5.74) is 0. The van der Waals surface area contributed by atoms with E-state index >= 15 is 0 Å². The number of para-hydroxylation sites is 1. The largest absolute Gasteiger partial charge is 0.490 e. The fourth-order valence-corrected chi connectivity index (χ4v) is 1.33. The fourth-order valence-electron chi connectivity index (χ4n) is 1.33. The molecule has 0 aliphatic heterocycles. The summed E-state index contributed by atoms with van der Waals surface area (Å²) in [6.07, 6.45) is 4.85. The molecule has 14 heavy (non-hydrogen) atoms. The molecular formula is C13H17O. The highest BCUT2D eigenvalue weighted by molar-refractivity contribution is 5.21. The minimum absolute atomic E-state index is 0.215. The topological polar surface area (TPSA) is 9.23 Å². The molecule has 1 aromatic carbocycles. The molecule has 1 heteroatoms. The lowest BCUT2D eigenvalue weighted by molar-refractivity contribution is 0.195. The number of hydrogen-bond donors (Lipinski definition) is 0. The molecule has 1 atom stereocenters. The first-order chi connectivity index (χ1) is 6.86. The molecule has 1 rings (SSSR count). The van der Waals surface area contributed by atoms with Crippen LogP contribution in [0.2, 0.25) is 0 Å². The van der Waals surface area contributed by atoms with E-state index in [2.05, 4.69) is 13.5 Å². The van der Waals surface area contributed by atoms with E-state index in [9.17, 15) is 0 Å². The zero-order valence-electron chi connectivity index (χ0n) is 8.49. The van der Waals surface area contributed by atoms with Crippen molar-refractivity contribution in [3.63, 3.8) is 0 Å². The van der Waals surface area contributed by atoms with Gasteiger partial charge in [0, 0.05) is 6.42 Å². The third-order valence-electron chi connectivity index (χ3n) is 2.00. The van der Waals surface area contributed by atoms with E-state index in [0.29, 0.717) is 0 Å². The molecule has 0 aliphatic carbocycles. The Labute approximate surface area is 86.4 Å². The molecule has 1 nitrogen and oxygen atoms in total. The summed E-state index contributed by atoms with van der Waals surface area (Å²) in [7, 11) is 0. The Morgan fingerprint density at radius 1 is 1.29 bits per heavy atom.